The van der Waals surface area contributed by atoms with Crippen molar-refractivity contribution in [3.63, 3.8) is 0 Å². The van der Waals surface area contributed by atoms with Crippen LogP contribution in [0.5, 0.6) is 0 Å². The van der Waals surface area contributed by atoms with Crippen LogP contribution in [0.1, 0.15) is 0 Å². The molecule has 0 aliphatic heterocycles. The molecule has 0 spiro atoms. The second kappa shape index (κ2) is 8.68. The molecule has 0 unspecified atom stereocenters. The van der Waals surface area contributed by atoms with Gasteiger partial charge in [0.2, 0.25) is 0 Å². The van der Waals surface area contributed by atoms with Crippen LogP contribution in [0.2, 0.25) is 0 Å². The molecule has 0 aliphatic carbocycles. The van der Waals surface area contributed by atoms with Crippen LogP contribution in [0.15, 0.2) is 135 Å². The van der Waals surface area contributed by atoms with E-state index < -0.39 is 0 Å². The van der Waals surface area contributed by atoms with E-state index in [9.17, 15) is 0 Å². The summed E-state index contributed by atoms with van der Waals surface area (Å²) in [6.45, 7) is 15.8. The fourth-order valence-electron chi connectivity index (χ4n) is 4.29. The first-order valence-electron chi connectivity index (χ1n) is 10.9. The molecule has 0 N–H and O–H groups in total. The lowest BCUT2D eigenvalue weighted by Gasteiger charge is -2.25. The number of benzene rings is 2. The largest absolute Gasteiger partial charge is 0.312 e. The maximum absolute atomic E-state index is 4.31. The van der Waals surface area contributed by atoms with E-state index in [2.05, 4.69) is 89.4 Å². The first-order chi connectivity index (χ1) is 16.6. The average Bonchev–Trinajstić information content (AvgIpc) is 3.23. The molecule has 0 atom stereocenters. The Kier molecular flexibility index (Phi) is 5.40. The lowest BCUT2D eigenvalue weighted by Crippen LogP contribution is -2.17. The van der Waals surface area contributed by atoms with E-state index in [0.29, 0.717) is 0 Å². The molecule has 3 aromatic heterocycles. The zero-order valence-electron chi connectivity index (χ0n) is 18.9. The molecule has 0 fully saturated rings. The fraction of sp³-hybridized carbons (Fsp3) is 0. The number of pyridine rings is 2. The summed E-state index contributed by atoms with van der Waals surface area (Å²) in [5.74, 6) is 0. The van der Waals surface area contributed by atoms with E-state index in [1.54, 1.807) is 12.2 Å². The van der Waals surface area contributed by atoms with Crippen LogP contribution in [0.25, 0.3) is 38.6 Å². The third kappa shape index (κ3) is 3.51. The summed E-state index contributed by atoms with van der Waals surface area (Å²) >= 11 is 0. The van der Waals surface area contributed by atoms with E-state index in [0.717, 1.165) is 55.7 Å². The minimum atomic E-state index is 0.749. The number of hydrogen-bond acceptors (Lipinski definition) is 3. The van der Waals surface area contributed by atoms with Gasteiger partial charge in [-0.3, -0.25) is 9.97 Å². The van der Waals surface area contributed by atoms with Crippen LogP contribution in [0.4, 0.5) is 5.69 Å². The fourth-order valence-corrected chi connectivity index (χ4v) is 4.29. The Hall–Kier alpha value is -4.70. The van der Waals surface area contributed by atoms with E-state index >= 15 is 0 Å². The van der Waals surface area contributed by atoms with Crippen molar-refractivity contribution in [3.8, 4) is 16.8 Å². The van der Waals surface area contributed by atoms with Crippen LogP contribution in [0, 0.1) is 0 Å². The third-order valence-corrected chi connectivity index (χ3v) is 6.00. The van der Waals surface area contributed by atoms with Gasteiger partial charge in [0.25, 0.3) is 0 Å². The van der Waals surface area contributed by atoms with Crippen molar-refractivity contribution in [1.29, 1.82) is 0 Å². The number of allylic oxidation sites excluding steroid dienone is 2. The number of rotatable bonds is 7. The highest BCUT2D eigenvalue weighted by Crippen LogP contribution is 2.32. The zero-order valence-corrected chi connectivity index (χ0v) is 18.9. The van der Waals surface area contributed by atoms with E-state index in [-0.39, 0.29) is 0 Å². The molecule has 0 saturated heterocycles. The molecule has 164 valence electrons. The van der Waals surface area contributed by atoms with Crippen molar-refractivity contribution in [2.24, 2.45) is 0 Å². The van der Waals surface area contributed by atoms with Gasteiger partial charge in [-0.15, -0.1) is 0 Å². The molecule has 0 aliphatic rings. The summed E-state index contributed by atoms with van der Waals surface area (Å²) in [7, 11) is 0. The molecule has 4 nitrogen and oxygen atoms in total. The highest BCUT2D eigenvalue weighted by atomic mass is 15.1. The van der Waals surface area contributed by atoms with Crippen LogP contribution < -0.4 is 4.90 Å². The molecule has 4 heteroatoms. The summed E-state index contributed by atoms with van der Waals surface area (Å²) in [6.07, 6.45) is 10.9. The van der Waals surface area contributed by atoms with Crippen LogP contribution in [-0.4, -0.2) is 14.5 Å². The zero-order chi connectivity index (χ0) is 23.7. The molecular formula is C30H24N4. The van der Waals surface area contributed by atoms with Gasteiger partial charge in [0.1, 0.15) is 0 Å². The van der Waals surface area contributed by atoms with Gasteiger partial charge in [-0.25, -0.2) is 0 Å². The molecule has 0 bridgehead atoms. The number of nitrogens with zero attached hydrogens (tertiary/aromatic N) is 4. The Morgan fingerprint density at radius 1 is 0.676 bits per heavy atom. The van der Waals surface area contributed by atoms with E-state index in [1.807, 2.05) is 41.8 Å². The van der Waals surface area contributed by atoms with Gasteiger partial charge in [0.15, 0.2) is 0 Å². The number of hydrogen-bond donors (Lipinski definition) is 0. The molecule has 5 aromatic rings. The first kappa shape index (κ1) is 21.2. The average molecular weight is 441 g/mol. The number of anilines is 1. The summed E-state index contributed by atoms with van der Waals surface area (Å²) in [4.78, 5) is 10.5. The van der Waals surface area contributed by atoms with Gasteiger partial charge in [0, 0.05) is 58.3 Å². The molecule has 2 aromatic carbocycles. The quantitative estimate of drug-likeness (QED) is 0.247. The maximum Gasteiger partial charge on any atom is 0.0572 e. The van der Waals surface area contributed by atoms with Crippen LogP contribution in [0.3, 0.4) is 0 Å². The summed E-state index contributed by atoms with van der Waals surface area (Å²) in [5, 5.41) is 2.19. The monoisotopic (exact) mass is 440 g/mol. The van der Waals surface area contributed by atoms with Crippen molar-refractivity contribution in [1.82, 2.24) is 14.5 Å². The summed E-state index contributed by atoms with van der Waals surface area (Å²) in [6, 6.07) is 21.0. The standard InChI is InChI=1S/C30H24N4/c1-5-21(3)33(22(4)6-2)25-11-7-23(8-12-25)24-9-13-26(14-10-24)34-29-15-17-31-19-27(29)28-20-32-18-16-30(28)34/h5-20H,1-4H2. The van der Waals surface area contributed by atoms with Gasteiger partial charge in [-0.1, -0.05) is 50.6 Å². The van der Waals surface area contributed by atoms with Crippen molar-refractivity contribution in [3.05, 3.63) is 135 Å². The molecule has 3 heterocycles. The Morgan fingerprint density at radius 2 is 1.15 bits per heavy atom. The Bertz CT molecular complexity index is 1480. The van der Waals surface area contributed by atoms with Gasteiger partial charge in [-0.2, -0.15) is 0 Å². The van der Waals surface area contributed by atoms with Crippen LogP contribution in [-0.2, 0) is 0 Å². The Labute approximate surface area is 199 Å². The topological polar surface area (TPSA) is 34.0 Å². The maximum atomic E-state index is 4.31. The second-order valence-corrected chi connectivity index (χ2v) is 7.94. The lowest BCUT2D eigenvalue weighted by molar-refractivity contribution is 1.16. The van der Waals surface area contributed by atoms with Gasteiger partial charge in [0.05, 0.1) is 11.0 Å². The van der Waals surface area contributed by atoms with Gasteiger partial charge < -0.3 is 9.47 Å². The number of aromatic nitrogens is 3. The molecule has 34 heavy (non-hydrogen) atoms. The molecule has 0 radical (unpaired) electrons. The lowest BCUT2D eigenvalue weighted by atomic mass is 10.0. The first-order valence-corrected chi connectivity index (χ1v) is 10.9. The van der Waals surface area contributed by atoms with Crippen LogP contribution >= 0.6 is 0 Å². The minimum Gasteiger partial charge on any atom is -0.312 e. The predicted molar refractivity (Wildman–Crippen MR) is 143 cm³/mol. The Morgan fingerprint density at radius 3 is 1.62 bits per heavy atom. The molecule has 0 amide bonds. The van der Waals surface area contributed by atoms with Crippen molar-refractivity contribution < 1.29 is 0 Å². The highest BCUT2D eigenvalue weighted by Gasteiger charge is 2.13. The van der Waals surface area contributed by atoms with Gasteiger partial charge >= 0.3 is 0 Å². The minimum absolute atomic E-state index is 0.749. The third-order valence-electron chi connectivity index (χ3n) is 6.00. The highest BCUT2D eigenvalue weighted by molar-refractivity contribution is 6.08. The van der Waals surface area contributed by atoms with Crippen molar-refractivity contribution >= 4 is 27.5 Å². The van der Waals surface area contributed by atoms with E-state index in [4.69, 9.17) is 0 Å². The predicted octanol–water partition coefficient (Wildman–Crippen LogP) is 7.45. The second-order valence-electron chi connectivity index (χ2n) is 7.94. The molecular weight excluding hydrogens is 416 g/mol. The van der Waals surface area contributed by atoms with Crippen molar-refractivity contribution in [2.45, 2.75) is 0 Å². The SMILES string of the molecule is C=CC(=C)N(C(=C)C=C)c1ccc(-c2ccc(-n3c4ccncc4c4cnccc43)cc2)cc1. The summed E-state index contributed by atoms with van der Waals surface area (Å²) < 4.78 is 2.25. The van der Waals surface area contributed by atoms with E-state index in [1.165, 1.54) is 0 Å². The van der Waals surface area contributed by atoms with Crippen molar-refractivity contribution in [2.75, 3.05) is 4.90 Å². The number of fused-ring (bicyclic) bond motifs is 3. The molecule has 5 rings (SSSR count). The Balaban J connectivity index is 1.51. The summed E-state index contributed by atoms with van der Waals surface area (Å²) in [5.41, 5.74) is 8.03. The smallest absolute Gasteiger partial charge is 0.0572 e. The van der Waals surface area contributed by atoms with Gasteiger partial charge in [-0.05, 0) is 59.7 Å². The molecule has 0 saturated carbocycles. The normalized spacial score (nSPS) is 10.8.